The Labute approximate surface area is 112 Å². The van der Waals surface area contributed by atoms with Crippen LogP contribution in [0.3, 0.4) is 0 Å². The summed E-state index contributed by atoms with van der Waals surface area (Å²) in [6.45, 7) is 0.201. The minimum atomic E-state index is -3.27. The number of ether oxygens (including phenoxy) is 1. The van der Waals surface area contributed by atoms with E-state index in [4.69, 9.17) is 0 Å². The van der Waals surface area contributed by atoms with Crippen LogP contribution >= 0.6 is 0 Å². The van der Waals surface area contributed by atoms with E-state index in [1.807, 2.05) is 0 Å². The molecule has 0 saturated heterocycles. The summed E-state index contributed by atoms with van der Waals surface area (Å²) in [7, 11) is 0. The Morgan fingerprint density at radius 3 is 2.30 bits per heavy atom. The number of rotatable bonds is 3. The van der Waals surface area contributed by atoms with Crippen LogP contribution in [0.15, 0.2) is 18.2 Å². The summed E-state index contributed by atoms with van der Waals surface area (Å²) in [4.78, 5) is 0. The van der Waals surface area contributed by atoms with Crippen molar-refractivity contribution in [3.8, 4) is 11.5 Å². The van der Waals surface area contributed by atoms with Gasteiger partial charge in [0, 0.05) is 5.39 Å². The highest BCUT2D eigenvalue weighted by atomic mass is 19.3. The van der Waals surface area contributed by atoms with E-state index in [-0.39, 0.29) is 22.4 Å². The molecule has 0 radical (unpaired) electrons. The Morgan fingerprint density at radius 2 is 1.75 bits per heavy atom. The van der Waals surface area contributed by atoms with Gasteiger partial charge >= 0.3 is 6.61 Å². The fourth-order valence-corrected chi connectivity index (χ4v) is 2.12. The molecule has 2 rings (SSSR count). The van der Waals surface area contributed by atoms with Gasteiger partial charge in [-0.3, -0.25) is 0 Å². The predicted octanol–water partition coefficient (Wildman–Crippen LogP) is 4.55. The average molecular weight is 288 g/mol. The van der Waals surface area contributed by atoms with Crippen molar-refractivity contribution in [1.29, 1.82) is 0 Å². The van der Waals surface area contributed by atoms with E-state index in [1.54, 1.807) is 13.8 Å². The van der Waals surface area contributed by atoms with E-state index in [9.17, 15) is 22.7 Å². The molecule has 108 valence electrons. The second-order valence-corrected chi connectivity index (χ2v) is 4.67. The highest BCUT2D eigenvalue weighted by molar-refractivity contribution is 5.93. The van der Waals surface area contributed by atoms with Gasteiger partial charge in [-0.15, -0.1) is 0 Å². The standard InChI is InChI=1S/C14H12F4O2/c1-6(2)9-5-8(19)3-7-4-10(15)12(16)13(11(7)9)20-14(17)18/h3-6,14,19H,1-2H3. The minimum Gasteiger partial charge on any atom is -0.508 e. The van der Waals surface area contributed by atoms with Crippen molar-refractivity contribution in [1.82, 2.24) is 0 Å². The van der Waals surface area contributed by atoms with Crippen molar-refractivity contribution in [3.05, 3.63) is 35.4 Å². The number of phenolic OH excluding ortho intramolecular Hbond substituents is 1. The van der Waals surface area contributed by atoms with Crippen LogP contribution < -0.4 is 4.74 Å². The third kappa shape index (κ3) is 2.50. The van der Waals surface area contributed by atoms with E-state index in [0.29, 0.717) is 5.56 Å². The third-order valence-corrected chi connectivity index (χ3v) is 2.93. The van der Waals surface area contributed by atoms with Crippen LogP contribution in [0.1, 0.15) is 25.3 Å². The minimum absolute atomic E-state index is 0.0389. The first-order valence-corrected chi connectivity index (χ1v) is 5.90. The van der Waals surface area contributed by atoms with Gasteiger partial charge in [-0.1, -0.05) is 13.8 Å². The van der Waals surface area contributed by atoms with Crippen LogP contribution in [0.4, 0.5) is 17.6 Å². The number of phenols is 1. The second kappa shape index (κ2) is 5.19. The molecule has 0 aromatic heterocycles. The molecule has 0 amide bonds. The fourth-order valence-electron chi connectivity index (χ4n) is 2.12. The van der Waals surface area contributed by atoms with E-state index < -0.39 is 24.0 Å². The molecule has 0 bridgehead atoms. The maximum absolute atomic E-state index is 13.7. The summed E-state index contributed by atoms with van der Waals surface area (Å²) in [6, 6.07) is 3.33. The number of alkyl halides is 2. The number of benzene rings is 2. The molecule has 0 unspecified atom stereocenters. The summed E-state index contributed by atoms with van der Waals surface area (Å²) in [6.07, 6.45) is 0. The molecule has 0 saturated carbocycles. The van der Waals surface area contributed by atoms with Gasteiger partial charge in [0.2, 0.25) is 5.82 Å². The molecule has 0 spiro atoms. The second-order valence-electron chi connectivity index (χ2n) is 4.67. The van der Waals surface area contributed by atoms with Gasteiger partial charge < -0.3 is 9.84 Å². The Balaban J connectivity index is 2.88. The zero-order chi connectivity index (χ0) is 15.0. The predicted molar refractivity (Wildman–Crippen MR) is 66.2 cm³/mol. The molecular formula is C14H12F4O2. The average Bonchev–Trinajstić information content (AvgIpc) is 2.33. The third-order valence-electron chi connectivity index (χ3n) is 2.93. The summed E-state index contributed by atoms with van der Waals surface area (Å²) in [5, 5.41) is 9.73. The van der Waals surface area contributed by atoms with Gasteiger partial charge in [-0.25, -0.2) is 4.39 Å². The van der Waals surface area contributed by atoms with Crippen molar-refractivity contribution in [2.45, 2.75) is 26.4 Å². The molecule has 6 heteroatoms. The molecule has 2 aromatic rings. The quantitative estimate of drug-likeness (QED) is 0.840. The van der Waals surface area contributed by atoms with E-state index >= 15 is 0 Å². The summed E-state index contributed by atoms with van der Waals surface area (Å²) < 4.78 is 56.1. The van der Waals surface area contributed by atoms with Crippen LogP contribution in [0.25, 0.3) is 10.8 Å². The lowest BCUT2D eigenvalue weighted by Gasteiger charge is -2.16. The Bertz CT molecular complexity index is 653. The van der Waals surface area contributed by atoms with E-state index in [2.05, 4.69) is 4.74 Å². The first-order chi connectivity index (χ1) is 9.31. The van der Waals surface area contributed by atoms with Gasteiger partial charge in [-0.2, -0.15) is 13.2 Å². The van der Waals surface area contributed by atoms with Crippen molar-refractivity contribution in [2.75, 3.05) is 0 Å². The molecule has 1 N–H and O–H groups in total. The molecule has 2 aromatic carbocycles. The van der Waals surface area contributed by atoms with Crippen molar-refractivity contribution >= 4 is 10.8 Å². The maximum Gasteiger partial charge on any atom is 0.387 e. The molecule has 0 atom stereocenters. The van der Waals surface area contributed by atoms with Gasteiger partial charge in [0.05, 0.1) is 0 Å². The van der Waals surface area contributed by atoms with Gasteiger partial charge in [0.1, 0.15) is 5.75 Å². The molecular weight excluding hydrogens is 276 g/mol. The summed E-state index contributed by atoms with van der Waals surface area (Å²) in [5.74, 6) is -3.97. The summed E-state index contributed by atoms with van der Waals surface area (Å²) >= 11 is 0. The number of halogens is 4. The van der Waals surface area contributed by atoms with Gasteiger partial charge in [-0.05, 0) is 35.1 Å². The zero-order valence-electron chi connectivity index (χ0n) is 10.8. The Hall–Kier alpha value is -1.98. The van der Waals surface area contributed by atoms with Crippen LogP contribution in [0.2, 0.25) is 0 Å². The van der Waals surface area contributed by atoms with Crippen LogP contribution in [-0.4, -0.2) is 11.7 Å². The molecule has 0 heterocycles. The Morgan fingerprint density at radius 1 is 1.10 bits per heavy atom. The number of hydrogen-bond donors (Lipinski definition) is 1. The smallest absolute Gasteiger partial charge is 0.387 e. The maximum atomic E-state index is 13.7. The molecule has 0 aliphatic heterocycles. The highest BCUT2D eigenvalue weighted by Crippen LogP contribution is 2.39. The number of fused-ring (bicyclic) bond motifs is 1. The lowest BCUT2D eigenvalue weighted by atomic mass is 9.94. The molecule has 2 nitrogen and oxygen atoms in total. The molecule has 0 aliphatic carbocycles. The van der Waals surface area contributed by atoms with E-state index in [1.165, 1.54) is 12.1 Å². The van der Waals surface area contributed by atoms with Crippen LogP contribution in [0, 0.1) is 11.6 Å². The van der Waals surface area contributed by atoms with Crippen LogP contribution in [0.5, 0.6) is 11.5 Å². The topological polar surface area (TPSA) is 29.5 Å². The van der Waals surface area contributed by atoms with Gasteiger partial charge in [0.25, 0.3) is 0 Å². The normalized spacial score (nSPS) is 11.6. The molecule has 20 heavy (non-hydrogen) atoms. The monoisotopic (exact) mass is 288 g/mol. The largest absolute Gasteiger partial charge is 0.508 e. The summed E-state index contributed by atoms with van der Waals surface area (Å²) in [5.41, 5.74) is 0.398. The lowest BCUT2D eigenvalue weighted by Crippen LogP contribution is -2.07. The lowest BCUT2D eigenvalue weighted by molar-refractivity contribution is -0.0514. The fraction of sp³-hybridized carbons (Fsp3) is 0.286. The van der Waals surface area contributed by atoms with Crippen molar-refractivity contribution < 1.29 is 27.4 Å². The van der Waals surface area contributed by atoms with Crippen molar-refractivity contribution in [3.63, 3.8) is 0 Å². The zero-order valence-corrected chi connectivity index (χ0v) is 10.8. The first-order valence-electron chi connectivity index (χ1n) is 5.90. The highest BCUT2D eigenvalue weighted by Gasteiger charge is 2.22. The SMILES string of the molecule is CC(C)c1cc(O)cc2cc(F)c(F)c(OC(F)F)c12. The Kier molecular flexibility index (Phi) is 3.74. The number of aromatic hydroxyl groups is 1. The van der Waals surface area contributed by atoms with Gasteiger partial charge in [0.15, 0.2) is 11.6 Å². The number of hydrogen-bond acceptors (Lipinski definition) is 2. The molecule has 0 fully saturated rings. The first kappa shape index (κ1) is 14.4. The van der Waals surface area contributed by atoms with Crippen LogP contribution in [-0.2, 0) is 0 Å². The van der Waals surface area contributed by atoms with Crippen molar-refractivity contribution in [2.24, 2.45) is 0 Å². The van der Waals surface area contributed by atoms with E-state index in [0.717, 1.165) is 6.07 Å². The molecule has 0 aliphatic rings.